The van der Waals surface area contributed by atoms with Crippen molar-refractivity contribution in [2.45, 2.75) is 63.5 Å². The number of rotatable bonds is 3. The van der Waals surface area contributed by atoms with Gasteiger partial charge < -0.3 is 14.5 Å². The number of carbonyl (C=O) groups excluding carboxylic acids is 1. The van der Waals surface area contributed by atoms with Crippen LogP contribution in [0.25, 0.3) is 0 Å². The standard InChI is InChI=1S/C18H28N4O3/c1-13-19-17(25-20-13)18(24)8-10-22(12-18)16(23)14-7-9-21(11-14)15-5-3-2-4-6-15/h14-15,24H,2-12H2,1H3. The predicted molar refractivity (Wildman–Crippen MR) is 90.7 cm³/mol. The highest BCUT2D eigenvalue weighted by Gasteiger charge is 2.46. The predicted octanol–water partition coefficient (Wildman–Crippen LogP) is 1.45. The topological polar surface area (TPSA) is 82.7 Å². The molecule has 138 valence electrons. The third kappa shape index (κ3) is 3.31. The highest BCUT2D eigenvalue weighted by molar-refractivity contribution is 5.79. The zero-order valence-electron chi connectivity index (χ0n) is 15.0. The summed E-state index contributed by atoms with van der Waals surface area (Å²) in [5.41, 5.74) is -1.20. The number of hydrogen-bond acceptors (Lipinski definition) is 6. The number of hydrogen-bond donors (Lipinski definition) is 1. The van der Waals surface area contributed by atoms with Gasteiger partial charge in [-0.15, -0.1) is 0 Å². The van der Waals surface area contributed by atoms with Crippen LogP contribution in [0.2, 0.25) is 0 Å². The highest BCUT2D eigenvalue weighted by atomic mass is 16.5. The first kappa shape index (κ1) is 17.0. The molecule has 3 aliphatic rings. The molecule has 1 aliphatic carbocycles. The molecule has 0 bridgehead atoms. The van der Waals surface area contributed by atoms with Crippen molar-refractivity contribution in [2.24, 2.45) is 5.92 Å². The normalized spacial score (nSPS) is 31.8. The fraction of sp³-hybridized carbons (Fsp3) is 0.833. The van der Waals surface area contributed by atoms with E-state index in [0.29, 0.717) is 24.8 Å². The lowest BCUT2D eigenvalue weighted by molar-refractivity contribution is -0.135. The monoisotopic (exact) mass is 348 g/mol. The molecule has 7 nitrogen and oxygen atoms in total. The molecular weight excluding hydrogens is 320 g/mol. The second-order valence-electron chi connectivity index (χ2n) is 7.96. The van der Waals surface area contributed by atoms with Crippen molar-refractivity contribution in [2.75, 3.05) is 26.2 Å². The van der Waals surface area contributed by atoms with E-state index in [4.69, 9.17) is 4.52 Å². The molecule has 2 atom stereocenters. The number of amides is 1. The third-order valence-corrected chi connectivity index (χ3v) is 6.15. The van der Waals surface area contributed by atoms with E-state index in [1.807, 2.05) is 0 Å². The van der Waals surface area contributed by atoms with Crippen LogP contribution < -0.4 is 0 Å². The summed E-state index contributed by atoms with van der Waals surface area (Å²) in [5, 5.41) is 14.6. The van der Waals surface area contributed by atoms with Gasteiger partial charge in [0, 0.05) is 25.6 Å². The van der Waals surface area contributed by atoms with Crippen LogP contribution >= 0.6 is 0 Å². The first-order chi connectivity index (χ1) is 12.0. The van der Waals surface area contributed by atoms with Crippen LogP contribution in [0.3, 0.4) is 0 Å². The van der Waals surface area contributed by atoms with Gasteiger partial charge in [-0.25, -0.2) is 0 Å². The molecule has 25 heavy (non-hydrogen) atoms. The molecule has 1 N–H and O–H groups in total. The van der Waals surface area contributed by atoms with E-state index in [1.54, 1.807) is 11.8 Å². The van der Waals surface area contributed by atoms with Gasteiger partial charge in [0.15, 0.2) is 11.4 Å². The number of likely N-dealkylation sites (tertiary alicyclic amines) is 2. The third-order valence-electron chi connectivity index (χ3n) is 6.15. The van der Waals surface area contributed by atoms with Crippen LogP contribution in [0.1, 0.15) is 56.7 Å². The molecule has 2 saturated heterocycles. The molecule has 2 unspecified atom stereocenters. The van der Waals surface area contributed by atoms with Crippen LogP contribution in [0, 0.1) is 12.8 Å². The van der Waals surface area contributed by atoms with Crippen molar-refractivity contribution in [1.82, 2.24) is 19.9 Å². The number of aromatic nitrogens is 2. The molecule has 3 heterocycles. The Morgan fingerprint density at radius 2 is 2.04 bits per heavy atom. The Hall–Kier alpha value is -1.47. The van der Waals surface area contributed by atoms with Crippen molar-refractivity contribution < 1.29 is 14.4 Å². The summed E-state index contributed by atoms with van der Waals surface area (Å²) in [6.07, 6.45) is 7.95. The number of β-amino-alcohol motifs (C(OH)–C–C–N with tert-alkyl or cyclic N) is 1. The molecule has 0 aromatic carbocycles. The molecule has 0 spiro atoms. The highest BCUT2D eigenvalue weighted by Crippen LogP contribution is 2.34. The van der Waals surface area contributed by atoms with E-state index in [9.17, 15) is 9.90 Å². The summed E-state index contributed by atoms with van der Waals surface area (Å²) in [4.78, 5) is 21.4. The van der Waals surface area contributed by atoms with Crippen LogP contribution in [-0.4, -0.2) is 63.2 Å². The summed E-state index contributed by atoms with van der Waals surface area (Å²) in [6, 6.07) is 0.670. The second-order valence-corrected chi connectivity index (χ2v) is 7.96. The van der Waals surface area contributed by atoms with Crippen molar-refractivity contribution in [3.63, 3.8) is 0 Å². The molecule has 3 fully saturated rings. The van der Waals surface area contributed by atoms with Gasteiger partial charge in [-0.05, 0) is 32.7 Å². The van der Waals surface area contributed by atoms with Crippen molar-refractivity contribution in [1.29, 1.82) is 0 Å². The van der Waals surface area contributed by atoms with Gasteiger partial charge in [-0.2, -0.15) is 4.98 Å². The van der Waals surface area contributed by atoms with Gasteiger partial charge in [0.25, 0.3) is 5.89 Å². The summed E-state index contributed by atoms with van der Waals surface area (Å²) in [5.74, 6) is 0.974. The Labute approximate surface area is 148 Å². The van der Waals surface area contributed by atoms with Crippen LogP contribution in [-0.2, 0) is 10.4 Å². The summed E-state index contributed by atoms with van der Waals surface area (Å²) in [6.45, 7) is 4.44. The van der Waals surface area contributed by atoms with Crippen LogP contribution in [0.4, 0.5) is 0 Å². The maximum atomic E-state index is 12.9. The van der Waals surface area contributed by atoms with Gasteiger partial charge in [-0.1, -0.05) is 24.4 Å². The molecule has 0 radical (unpaired) electrons. The molecule has 1 amide bonds. The average Bonchev–Trinajstić information content (AvgIpc) is 3.35. The first-order valence-electron chi connectivity index (χ1n) is 9.61. The lowest BCUT2D eigenvalue weighted by Gasteiger charge is -2.31. The average molecular weight is 348 g/mol. The Morgan fingerprint density at radius 1 is 1.24 bits per heavy atom. The first-order valence-corrected chi connectivity index (χ1v) is 9.61. The lowest BCUT2D eigenvalue weighted by Crippen LogP contribution is -2.40. The molecule has 4 rings (SSSR count). The minimum Gasteiger partial charge on any atom is -0.378 e. The zero-order valence-corrected chi connectivity index (χ0v) is 15.0. The Bertz CT molecular complexity index is 628. The molecular formula is C18H28N4O3. The van der Waals surface area contributed by atoms with Gasteiger partial charge in [-0.3, -0.25) is 9.69 Å². The Balaban J connectivity index is 1.36. The maximum Gasteiger partial charge on any atom is 0.260 e. The summed E-state index contributed by atoms with van der Waals surface area (Å²) < 4.78 is 5.14. The second kappa shape index (κ2) is 6.68. The molecule has 1 aromatic rings. The van der Waals surface area contributed by atoms with Crippen LogP contribution in [0.5, 0.6) is 0 Å². The molecule has 7 heteroatoms. The van der Waals surface area contributed by atoms with Gasteiger partial charge in [0.2, 0.25) is 5.91 Å². The van der Waals surface area contributed by atoms with E-state index >= 15 is 0 Å². The largest absolute Gasteiger partial charge is 0.378 e. The summed E-state index contributed by atoms with van der Waals surface area (Å²) in [7, 11) is 0. The number of aryl methyl sites for hydroxylation is 1. The Kier molecular flexibility index (Phi) is 4.54. The minimum atomic E-state index is -1.20. The summed E-state index contributed by atoms with van der Waals surface area (Å²) >= 11 is 0. The van der Waals surface area contributed by atoms with Gasteiger partial charge >= 0.3 is 0 Å². The number of aliphatic hydroxyl groups is 1. The molecule has 1 aromatic heterocycles. The van der Waals surface area contributed by atoms with Gasteiger partial charge in [0.1, 0.15) is 0 Å². The molecule has 2 aliphatic heterocycles. The SMILES string of the molecule is Cc1noc(C2(O)CCN(C(=O)C3CCN(C4CCCCC4)C3)C2)n1. The van der Waals surface area contributed by atoms with E-state index in [0.717, 1.165) is 19.5 Å². The van der Waals surface area contributed by atoms with Crippen molar-refractivity contribution in [3.8, 4) is 0 Å². The maximum absolute atomic E-state index is 12.9. The number of nitrogens with zero attached hydrogens (tertiary/aromatic N) is 4. The van der Waals surface area contributed by atoms with Crippen molar-refractivity contribution >= 4 is 5.91 Å². The van der Waals surface area contributed by atoms with Gasteiger partial charge in [0.05, 0.1) is 12.5 Å². The van der Waals surface area contributed by atoms with Crippen LogP contribution in [0.15, 0.2) is 4.52 Å². The van der Waals surface area contributed by atoms with E-state index in [1.165, 1.54) is 32.1 Å². The van der Waals surface area contributed by atoms with E-state index < -0.39 is 5.60 Å². The Morgan fingerprint density at radius 3 is 2.76 bits per heavy atom. The quantitative estimate of drug-likeness (QED) is 0.890. The lowest BCUT2D eigenvalue weighted by atomic mass is 9.94. The fourth-order valence-electron chi connectivity index (χ4n) is 4.67. The number of carbonyl (C=O) groups is 1. The zero-order chi connectivity index (χ0) is 17.4. The smallest absolute Gasteiger partial charge is 0.260 e. The van der Waals surface area contributed by atoms with Crippen molar-refractivity contribution in [3.05, 3.63) is 11.7 Å². The van der Waals surface area contributed by atoms with E-state index in [-0.39, 0.29) is 24.3 Å². The molecule has 1 saturated carbocycles. The fourth-order valence-corrected chi connectivity index (χ4v) is 4.67. The van der Waals surface area contributed by atoms with E-state index in [2.05, 4.69) is 15.0 Å². The minimum absolute atomic E-state index is 0.0636.